The number of hydrogen-bond donors (Lipinski definition) is 5. The number of pyridine rings is 2. The molecule has 4 aromatic heterocycles. The number of carbonyl (C=O) groups is 1. The van der Waals surface area contributed by atoms with Crippen LogP contribution in [-0.2, 0) is 28.2 Å². The lowest BCUT2D eigenvalue weighted by Gasteiger charge is -2.23. The Balaban J connectivity index is 1.03. The first-order valence-corrected chi connectivity index (χ1v) is 19.2. The van der Waals surface area contributed by atoms with Crippen molar-refractivity contribution in [3.8, 4) is 16.9 Å². The fourth-order valence-corrected chi connectivity index (χ4v) is 7.54. The third-order valence-electron chi connectivity index (χ3n) is 9.70. The Hall–Kier alpha value is -6.32. The van der Waals surface area contributed by atoms with Crippen LogP contribution in [0.3, 0.4) is 0 Å². The van der Waals surface area contributed by atoms with Crippen LogP contribution in [0.1, 0.15) is 40.5 Å². The molecule has 2 aromatic carbocycles. The van der Waals surface area contributed by atoms with Gasteiger partial charge in [-0.25, -0.2) is 41.5 Å². The average Bonchev–Trinajstić information content (AvgIpc) is 3.24. The van der Waals surface area contributed by atoms with E-state index in [2.05, 4.69) is 25.3 Å². The van der Waals surface area contributed by atoms with Gasteiger partial charge in [0.05, 0.1) is 39.3 Å². The number of aliphatic hydroxyl groups is 1. The van der Waals surface area contributed by atoms with E-state index in [1.807, 2.05) is 4.72 Å². The number of anilines is 1. The van der Waals surface area contributed by atoms with Crippen LogP contribution in [0.5, 0.6) is 0 Å². The van der Waals surface area contributed by atoms with E-state index in [9.17, 15) is 33.1 Å². The van der Waals surface area contributed by atoms with Crippen LogP contribution in [-0.4, -0.2) is 79.2 Å². The number of carbonyl (C=O) groups excluding carboxylic acids is 1. The molecule has 20 heteroatoms. The number of halogens is 2. The Morgan fingerprint density at radius 1 is 0.948 bits per heavy atom. The number of benzene rings is 2. The lowest BCUT2D eigenvalue weighted by Crippen LogP contribution is -2.50. The van der Waals surface area contributed by atoms with Crippen molar-refractivity contribution in [2.75, 3.05) is 17.9 Å². The second-order valence-corrected chi connectivity index (χ2v) is 15.1. The van der Waals surface area contributed by atoms with Gasteiger partial charge in [0, 0.05) is 62.6 Å². The predicted octanol–water partition coefficient (Wildman–Crippen LogP) is 2.55. The molecule has 0 aliphatic carbocycles. The molecule has 1 saturated heterocycles. The Morgan fingerprint density at radius 2 is 1.67 bits per heavy atom. The molecular formula is C38H35F2N9O8S. The number of hydrogen-bond acceptors (Lipinski definition) is 13. The maximum atomic E-state index is 15.3. The van der Waals surface area contributed by atoms with Crippen LogP contribution in [0.25, 0.3) is 27.8 Å². The topological polar surface area (TPSA) is 233 Å². The van der Waals surface area contributed by atoms with Crippen molar-refractivity contribution in [3.63, 3.8) is 0 Å². The van der Waals surface area contributed by atoms with Gasteiger partial charge >= 0.3 is 5.69 Å². The van der Waals surface area contributed by atoms with Gasteiger partial charge in [0.15, 0.2) is 0 Å². The predicted molar refractivity (Wildman–Crippen MR) is 204 cm³/mol. The molecule has 0 saturated carbocycles. The van der Waals surface area contributed by atoms with Gasteiger partial charge in [-0.1, -0.05) is 18.2 Å². The highest BCUT2D eigenvalue weighted by molar-refractivity contribution is 7.92. The SMILES string of the molecule is Cn1c(=O)n(-c2ccc(C[C@H](NC(=O)c3cc(F)c(NS(=O)(=O)c4ccc(-c5cnc(C6CCOCC6)nc5)cc4)cc3F)C(O)NO)cn2)c(=O)c2ccncc21. The zero-order valence-corrected chi connectivity index (χ0v) is 31.4. The lowest BCUT2D eigenvalue weighted by atomic mass is 9.99. The smallest absolute Gasteiger partial charge is 0.337 e. The maximum absolute atomic E-state index is 15.3. The Kier molecular flexibility index (Phi) is 11.5. The number of aromatic nitrogens is 6. The summed E-state index contributed by atoms with van der Waals surface area (Å²) < 4.78 is 66.4. The summed E-state index contributed by atoms with van der Waals surface area (Å²) in [4.78, 5) is 56.1. The second kappa shape index (κ2) is 16.6. The van der Waals surface area contributed by atoms with Crippen molar-refractivity contribution in [1.82, 2.24) is 39.9 Å². The Morgan fingerprint density at radius 3 is 2.34 bits per heavy atom. The molecule has 1 unspecified atom stereocenters. The molecule has 58 heavy (non-hydrogen) atoms. The van der Waals surface area contributed by atoms with E-state index in [1.165, 1.54) is 72.7 Å². The van der Waals surface area contributed by atoms with Crippen LogP contribution in [0.2, 0.25) is 0 Å². The largest absolute Gasteiger partial charge is 0.381 e. The normalized spacial score (nSPS) is 14.6. The van der Waals surface area contributed by atoms with Crippen LogP contribution in [0.4, 0.5) is 14.5 Å². The zero-order valence-electron chi connectivity index (χ0n) is 30.5. The molecule has 7 rings (SSSR count). The molecular weight excluding hydrogens is 781 g/mol. The highest BCUT2D eigenvalue weighted by Gasteiger charge is 2.26. The summed E-state index contributed by atoms with van der Waals surface area (Å²) in [5.74, 6) is -2.91. The summed E-state index contributed by atoms with van der Waals surface area (Å²) in [7, 11) is -2.96. The van der Waals surface area contributed by atoms with E-state index < -0.39 is 62.3 Å². The quantitative estimate of drug-likeness (QED) is 0.0885. The molecule has 6 aromatic rings. The molecule has 5 heterocycles. The number of nitrogens with one attached hydrogen (secondary N) is 3. The fourth-order valence-electron chi connectivity index (χ4n) is 6.48. The van der Waals surface area contributed by atoms with Gasteiger partial charge in [0.2, 0.25) is 0 Å². The standard InChI is InChI=1S/C38H35F2N9O8S/c1-48-32-20-41-11-8-26(32)37(52)49(38(48)53)33-7-2-21(17-42-33)14-31(36(51)46-54)45-35(50)27-15-29(40)30(16-28(27)39)47-58(55,56)25-5-3-22(4-6-25)24-18-43-34(44-19-24)23-9-12-57-13-10-23/h2-8,11,15-20,23,31,36,46-47,51,54H,9-10,12-14H2,1H3,(H,45,50)/t31-,36?/m0/s1. The molecule has 2 atom stereocenters. The molecule has 0 bridgehead atoms. The summed E-state index contributed by atoms with van der Waals surface area (Å²) in [6.07, 6.45) is 6.94. The molecule has 0 radical (unpaired) electrons. The van der Waals surface area contributed by atoms with Crippen molar-refractivity contribution < 1.29 is 37.0 Å². The van der Waals surface area contributed by atoms with Crippen molar-refractivity contribution in [2.45, 2.75) is 42.3 Å². The molecule has 1 amide bonds. The number of sulfonamides is 1. The van der Waals surface area contributed by atoms with Crippen molar-refractivity contribution in [3.05, 3.63) is 135 Å². The molecule has 0 spiro atoms. The number of hydroxylamine groups is 1. The Labute approximate surface area is 328 Å². The second-order valence-electron chi connectivity index (χ2n) is 13.4. The molecule has 1 aliphatic rings. The number of amides is 1. The monoisotopic (exact) mass is 815 g/mol. The first-order valence-electron chi connectivity index (χ1n) is 17.8. The summed E-state index contributed by atoms with van der Waals surface area (Å²) in [5.41, 5.74) is 0.602. The Bertz CT molecular complexity index is 2710. The molecule has 17 nitrogen and oxygen atoms in total. The average molecular weight is 816 g/mol. The van der Waals surface area contributed by atoms with Crippen molar-refractivity contribution >= 4 is 32.5 Å². The van der Waals surface area contributed by atoms with E-state index >= 15 is 8.78 Å². The van der Waals surface area contributed by atoms with Gasteiger partial charge in [-0.3, -0.25) is 23.9 Å². The number of aryl methyl sites for hydroxylation is 1. The molecule has 1 fully saturated rings. The summed E-state index contributed by atoms with van der Waals surface area (Å²) in [5, 5.41) is 22.4. The first-order chi connectivity index (χ1) is 27.8. The number of ether oxygens (including phenoxy) is 1. The van der Waals surface area contributed by atoms with Gasteiger partial charge in [0.1, 0.15) is 29.5 Å². The minimum absolute atomic E-state index is 0.0262. The van der Waals surface area contributed by atoms with E-state index in [0.29, 0.717) is 53.4 Å². The van der Waals surface area contributed by atoms with E-state index in [0.717, 1.165) is 17.4 Å². The summed E-state index contributed by atoms with van der Waals surface area (Å²) in [6.45, 7) is 1.29. The van der Waals surface area contributed by atoms with E-state index in [-0.39, 0.29) is 28.4 Å². The minimum Gasteiger partial charge on any atom is -0.381 e. The minimum atomic E-state index is -4.43. The van der Waals surface area contributed by atoms with Gasteiger partial charge in [-0.2, -0.15) is 5.48 Å². The number of rotatable bonds is 12. The number of aliphatic hydroxyl groups excluding tert-OH is 1. The maximum Gasteiger partial charge on any atom is 0.337 e. The van der Waals surface area contributed by atoms with Crippen LogP contribution < -0.4 is 26.8 Å². The fraction of sp³-hybridized carbons (Fsp3) is 0.237. The highest BCUT2D eigenvalue weighted by Crippen LogP contribution is 2.27. The van der Waals surface area contributed by atoms with Gasteiger partial charge in [-0.15, -0.1) is 0 Å². The van der Waals surface area contributed by atoms with Gasteiger partial charge in [-0.05, 0) is 60.7 Å². The van der Waals surface area contributed by atoms with E-state index in [4.69, 9.17) is 4.74 Å². The summed E-state index contributed by atoms with van der Waals surface area (Å²) in [6, 6.07) is 9.50. The van der Waals surface area contributed by atoms with Crippen molar-refractivity contribution in [2.24, 2.45) is 7.05 Å². The molecule has 1 aliphatic heterocycles. The third-order valence-corrected chi connectivity index (χ3v) is 11.1. The molecule has 5 N–H and O–H groups in total. The van der Waals surface area contributed by atoms with Gasteiger partial charge < -0.3 is 20.4 Å². The number of nitrogens with zero attached hydrogens (tertiary/aromatic N) is 6. The van der Waals surface area contributed by atoms with Crippen molar-refractivity contribution in [1.29, 1.82) is 0 Å². The first kappa shape index (κ1) is 39.9. The highest BCUT2D eigenvalue weighted by atomic mass is 32.2. The van der Waals surface area contributed by atoms with Crippen LogP contribution in [0.15, 0.2) is 100 Å². The van der Waals surface area contributed by atoms with Crippen LogP contribution in [0, 0.1) is 11.6 Å². The summed E-state index contributed by atoms with van der Waals surface area (Å²) >= 11 is 0. The zero-order chi connectivity index (χ0) is 41.1. The third kappa shape index (κ3) is 8.22. The molecule has 300 valence electrons. The van der Waals surface area contributed by atoms with Gasteiger partial charge in [0.25, 0.3) is 21.5 Å². The van der Waals surface area contributed by atoms with Crippen LogP contribution >= 0.6 is 0 Å². The lowest BCUT2D eigenvalue weighted by molar-refractivity contribution is -0.0195. The van der Waals surface area contributed by atoms with E-state index in [1.54, 1.807) is 17.9 Å². The number of fused-ring (bicyclic) bond motifs is 1.